The second-order valence-electron chi connectivity index (χ2n) is 20.9. The molecule has 0 unspecified atom stereocenters. The van der Waals surface area contributed by atoms with E-state index in [-0.39, 0.29) is 31.1 Å². The highest BCUT2D eigenvalue weighted by molar-refractivity contribution is 5.71. The van der Waals surface area contributed by atoms with Gasteiger partial charge in [-0.3, -0.25) is 14.4 Å². The van der Waals surface area contributed by atoms with E-state index in [0.29, 0.717) is 19.3 Å². The summed E-state index contributed by atoms with van der Waals surface area (Å²) in [7, 11) is 0. The Hall–Kier alpha value is -1.59. The van der Waals surface area contributed by atoms with Crippen LogP contribution in [0.2, 0.25) is 0 Å². The van der Waals surface area contributed by atoms with Crippen LogP contribution in [0.25, 0.3) is 0 Å². The number of esters is 3. The molecule has 6 heteroatoms. The third kappa shape index (κ3) is 51.4. The molecule has 0 bridgehead atoms. The Balaban J connectivity index is 4.21. The Bertz CT molecular complexity index is 978. The van der Waals surface area contributed by atoms with E-state index in [0.717, 1.165) is 69.6 Å². The molecule has 0 aromatic carbocycles. The fourth-order valence-electron chi connectivity index (χ4n) is 8.87. The van der Waals surface area contributed by atoms with Gasteiger partial charge in [-0.1, -0.05) is 285 Å². The summed E-state index contributed by atoms with van der Waals surface area (Å²) >= 11 is 0. The molecule has 64 heavy (non-hydrogen) atoms. The van der Waals surface area contributed by atoms with Gasteiger partial charge in [0.15, 0.2) is 6.10 Å². The van der Waals surface area contributed by atoms with Crippen molar-refractivity contribution in [3.8, 4) is 0 Å². The fraction of sp³-hybridized carbons (Fsp3) is 0.948. The average molecular weight is 906 g/mol. The maximum absolute atomic E-state index is 12.8. The maximum Gasteiger partial charge on any atom is 0.306 e. The van der Waals surface area contributed by atoms with Gasteiger partial charge in [0.05, 0.1) is 0 Å². The second kappa shape index (κ2) is 50.8. The van der Waals surface area contributed by atoms with E-state index in [2.05, 4.69) is 34.6 Å². The zero-order valence-electron chi connectivity index (χ0n) is 43.9. The molecule has 0 spiro atoms. The molecule has 0 saturated carbocycles. The van der Waals surface area contributed by atoms with Crippen LogP contribution in [-0.4, -0.2) is 37.2 Å². The van der Waals surface area contributed by atoms with Crippen LogP contribution in [0.4, 0.5) is 0 Å². The first-order valence-corrected chi connectivity index (χ1v) is 28.7. The predicted molar refractivity (Wildman–Crippen MR) is 275 cm³/mol. The zero-order chi connectivity index (χ0) is 46.8. The number of unbranched alkanes of at least 4 members (excludes halogenated alkanes) is 37. The molecule has 0 aliphatic rings. The highest BCUT2D eigenvalue weighted by atomic mass is 16.6. The van der Waals surface area contributed by atoms with Gasteiger partial charge in [0.25, 0.3) is 0 Å². The van der Waals surface area contributed by atoms with Crippen LogP contribution in [-0.2, 0) is 28.6 Å². The van der Waals surface area contributed by atoms with E-state index < -0.39 is 6.10 Å². The summed E-state index contributed by atoms with van der Waals surface area (Å²) in [6.07, 6.45) is 53.9. The normalized spacial score (nSPS) is 12.0. The lowest BCUT2D eigenvalue weighted by Gasteiger charge is -2.18. The van der Waals surface area contributed by atoms with Crippen molar-refractivity contribution >= 4 is 17.9 Å². The summed E-state index contributed by atoms with van der Waals surface area (Å²) < 4.78 is 16.8. The van der Waals surface area contributed by atoms with E-state index in [9.17, 15) is 14.4 Å². The molecule has 0 radical (unpaired) electrons. The van der Waals surface area contributed by atoms with Crippen LogP contribution in [0, 0.1) is 11.8 Å². The van der Waals surface area contributed by atoms with E-state index >= 15 is 0 Å². The second-order valence-corrected chi connectivity index (χ2v) is 20.9. The topological polar surface area (TPSA) is 78.9 Å². The highest BCUT2D eigenvalue weighted by Crippen LogP contribution is 2.18. The number of hydrogen-bond acceptors (Lipinski definition) is 6. The summed E-state index contributed by atoms with van der Waals surface area (Å²) in [4.78, 5) is 38.0. The van der Waals surface area contributed by atoms with Crippen molar-refractivity contribution in [1.82, 2.24) is 0 Å². The van der Waals surface area contributed by atoms with Gasteiger partial charge in [0.1, 0.15) is 13.2 Å². The summed E-state index contributed by atoms with van der Waals surface area (Å²) in [5.41, 5.74) is 0. The standard InChI is InChI=1S/C58H112O6/c1-6-7-8-9-10-26-33-38-43-48-56(59)62-51-55(64-58(61)50-45-40-35-30-25-21-17-13-15-19-23-28-32-37-42-47-54(4)5)52-63-57(60)49-44-39-34-29-24-20-16-12-11-14-18-22-27-31-36-41-46-53(2)3/h53-55H,6-52H2,1-5H3/t55-/m0/s1. The van der Waals surface area contributed by atoms with E-state index in [1.807, 2.05) is 0 Å². The van der Waals surface area contributed by atoms with Gasteiger partial charge in [-0.2, -0.15) is 0 Å². The van der Waals surface area contributed by atoms with Crippen LogP contribution < -0.4 is 0 Å². The molecule has 0 aromatic rings. The largest absolute Gasteiger partial charge is 0.462 e. The monoisotopic (exact) mass is 905 g/mol. The molecule has 0 N–H and O–H groups in total. The average Bonchev–Trinajstić information content (AvgIpc) is 3.27. The molecule has 0 aliphatic carbocycles. The molecular weight excluding hydrogens is 793 g/mol. The Morgan fingerprint density at radius 3 is 0.766 bits per heavy atom. The van der Waals surface area contributed by atoms with Crippen molar-refractivity contribution < 1.29 is 28.6 Å². The van der Waals surface area contributed by atoms with Gasteiger partial charge in [0.2, 0.25) is 0 Å². The van der Waals surface area contributed by atoms with Gasteiger partial charge in [-0.25, -0.2) is 0 Å². The van der Waals surface area contributed by atoms with Gasteiger partial charge < -0.3 is 14.2 Å². The van der Waals surface area contributed by atoms with Crippen molar-refractivity contribution in [2.45, 2.75) is 330 Å². The minimum Gasteiger partial charge on any atom is -0.462 e. The molecule has 0 saturated heterocycles. The van der Waals surface area contributed by atoms with Crippen LogP contribution >= 0.6 is 0 Å². The van der Waals surface area contributed by atoms with Crippen molar-refractivity contribution in [1.29, 1.82) is 0 Å². The van der Waals surface area contributed by atoms with Crippen molar-refractivity contribution in [3.63, 3.8) is 0 Å². The summed E-state index contributed by atoms with van der Waals surface area (Å²) in [6, 6.07) is 0. The van der Waals surface area contributed by atoms with Gasteiger partial charge in [-0.05, 0) is 31.1 Å². The summed E-state index contributed by atoms with van der Waals surface area (Å²) in [6.45, 7) is 11.4. The number of carbonyl (C=O) groups excluding carboxylic acids is 3. The first-order valence-electron chi connectivity index (χ1n) is 28.7. The van der Waals surface area contributed by atoms with Crippen LogP contribution in [0.1, 0.15) is 324 Å². The van der Waals surface area contributed by atoms with Gasteiger partial charge >= 0.3 is 17.9 Å². The quantitative estimate of drug-likeness (QED) is 0.0344. The molecule has 6 nitrogen and oxygen atoms in total. The smallest absolute Gasteiger partial charge is 0.306 e. The molecule has 1 atom stereocenters. The van der Waals surface area contributed by atoms with E-state index in [1.165, 1.54) is 212 Å². The van der Waals surface area contributed by atoms with E-state index in [4.69, 9.17) is 14.2 Å². The number of carbonyl (C=O) groups is 3. The minimum atomic E-state index is -0.761. The van der Waals surface area contributed by atoms with Crippen LogP contribution in [0.5, 0.6) is 0 Å². The Morgan fingerprint density at radius 1 is 0.297 bits per heavy atom. The van der Waals surface area contributed by atoms with Crippen molar-refractivity contribution in [3.05, 3.63) is 0 Å². The number of rotatable bonds is 52. The third-order valence-corrected chi connectivity index (χ3v) is 13.2. The minimum absolute atomic E-state index is 0.0627. The lowest BCUT2D eigenvalue weighted by Crippen LogP contribution is -2.30. The van der Waals surface area contributed by atoms with Crippen LogP contribution in [0.3, 0.4) is 0 Å². The van der Waals surface area contributed by atoms with Crippen molar-refractivity contribution in [2.75, 3.05) is 13.2 Å². The molecule has 0 aliphatic heterocycles. The molecule has 0 amide bonds. The molecule has 0 fully saturated rings. The maximum atomic E-state index is 12.8. The predicted octanol–water partition coefficient (Wildman–Crippen LogP) is 18.9. The van der Waals surface area contributed by atoms with E-state index in [1.54, 1.807) is 0 Å². The third-order valence-electron chi connectivity index (χ3n) is 13.2. The lowest BCUT2D eigenvalue weighted by atomic mass is 10.0. The highest BCUT2D eigenvalue weighted by Gasteiger charge is 2.19. The molecular formula is C58H112O6. The van der Waals surface area contributed by atoms with Crippen LogP contribution in [0.15, 0.2) is 0 Å². The number of ether oxygens (including phenoxy) is 3. The lowest BCUT2D eigenvalue weighted by molar-refractivity contribution is -0.167. The first-order chi connectivity index (χ1) is 31.2. The summed E-state index contributed by atoms with van der Waals surface area (Å²) in [5, 5.41) is 0. The SMILES string of the molecule is CCCCCCCCCCCC(=O)OC[C@@H](COC(=O)CCCCCCCCCCCCCCCCCCC(C)C)OC(=O)CCCCCCCCCCCCCCCCCC(C)C. The molecule has 0 rings (SSSR count). The number of hydrogen-bond donors (Lipinski definition) is 0. The van der Waals surface area contributed by atoms with Crippen molar-refractivity contribution in [2.24, 2.45) is 11.8 Å². The van der Waals surface area contributed by atoms with Gasteiger partial charge in [-0.15, -0.1) is 0 Å². The molecule has 0 aromatic heterocycles. The van der Waals surface area contributed by atoms with Gasteiger partial charge in [0, 0.05) is 19.3 Å². The first kappa shape index (κ1) is 62.4. The summed E-state index contributed by atoms with van der Waals surface area (Å²) in [5.74, 6) is 0.859. The Morgan fingerprint density at radius 2 is 0.516 bits per heavy atom. The molecule has 380 valence electrons. The molecule has 0 heterocycles. The fourth-order valence-corrected chi connectivity index (χ4v) is 8.87. The Kier molecular flexibility index (Phi) is 49.6. The Labute approximate surface area is 399 Å². The zero-order valence-corrected chi connectivity index (χ0v) is 43.9.